The van der Waals surface area contributed by atoms with E-state index in [2.05, 4.69) is 16.0 Å². The first-order chi connectivity index (χ1) is 9.36. The Balaban J connectivity index is 2.79. The molecule has 3 N–H and O–H groups in total. The number of nitrogens with one attached hydrogen (secondary N) is 2. The maximum atomic E-state index is 11.7. The molecule has 1 atom stereocenters. The first-order valence-electron chi connectivity index (χ1n) is 5.86. The number of sulfonamides is 1. The average molecular weight is 296 g/mol. The van der Waals surface area contributed by atoms with Crippen molar-refractivity contribution >= 4 is 15.9 Å². The van der Waals surface area contributed by atoms with Crippen LogP contribution in [0.2, 0.25) is 0 Å². The fourth-order valence-corrected chi connectivity index (χ4v) is 2.28. The van der Waals surface area contributed by atoms with E-state index in [9.17, 15) is 13.2 Å². The van der Waals surface area contributed by atoms with Gasteiger partial charge in [-0.2, -0.15) is 4.72 Å². The molecule has 1 aromatic carbocycles. The number of benzene rings is 1. The van der Waals surface area contributed by atoms with Crippen molar-refractivity contribution in [3.05, 3.63) is 29.8 Å². The lowest BCUT2D eigenvalue weighted by Crippen LogP contribution is -2.30. The lowest BCUT2D eigenvalue weighted by Gasteiger charge is -2.08. The van der Waals surface area contributed by atoms with Gasteiger partial charge in [0.05, 0.1) is 17.5 Å². The van der Waals surface area contributed by atoms with E-state index in [1.807, 2.05) is 0 Å². The summed E-state index contributed by atoms with van der Waals surface area (Å²) in [5.41, 5.74) is 0.307. The molecule has 108 valence electrons. The third-order valence-electron chi connectivity index (χ3n) is 2.35. The van der Waals surface area contributed by atoms with Crippen molar-refractivity contribution < 1.29 is 18.3 Å². The third kappa shape index (κ3) is 4.66. The van der Waals surface area contributed by atoms with Gasteiger partial charge >= 0.3 is 0 Å². The molecule has 0 aliphatic carbocycles. The van der Waals surface area contributed by atoms with E-state index in [-0.39, 0.29) is 23.9 Å². The molecule has 1 rings (SSSR count). The van der Waals surface area contributed by atoms with E-state index in [4.69, 9.17) is 11.5 Å². The topological polar surface area (TPSA) is 95.5 Å². The van der Waals surface area contributed by atoms with Gasteiger partial charge in [-0.15, -0.1) is 6.42 Å². The van der Waals surface area contributed by atoms with Gasteiger partial charge in [0.15, 0.2) is 0 Å². The first kappa shape index (κ1) is 16.2. The van der Waals surface area contributed by atoms with Crippen LogP contribution >= 0.6 is 0 Å². The van der Waals surface area contributed by atoms with Crippen molar-refractivity contribution in [1.82, 2.24) is 10.0 Å². The van der Waals surface area contributed by atoms with Crippen molar-refractivity contribution in [2.45, 2.75) is 17.9 Å². The second-order valence-electron chi connectivity index (χ2n) is 4.11. The molecular weight excluding hydrogens is 280 g/mol. The van der Waals surface area contributed by atoms with Crippen LogP contribution in [-0.4, -0.2) is 38.6 Å². The maximum Gasteiger partial charge on any atom is 0.251 e. The predicted molar refractivity (Wildman–Crippen MR) is 74.5 cm³/mol. The Morgan fingerprint density at radius 1 is 1.40 bits per heavy atom. The van der Waals surface area contributed by atoms with Crippen LogP contribution in [0.5, 0.6) is 0 Å². The lowest BCUT2D eigenvalue weighted by molar-refractivity contribution is 0.0924. The number of terminal acetylenes is 1. The van der Waals surface area contributed by atoms with E-state index in [0.717, 1.165) is 0 Å². The fraction of sp³-hybridized carbons (Fsp3) is 0.308. The summed E-state index contributed by atoms with van der Waals surface area (Å²) in [7, 11) is -3.65. The van der Waals surface area contributed by atoms with Gasteiger partial charge in [-0.3, -0.25) is 4.79 Å². The van der Waals surface area contributed by atoms with E-state index in [0.29, 0.717) is 5.56 Å². The van der Waals surface area contributed by atoms with Gasteiger partial charge in [0, 0.05) is 12.1 Å². The number of hydrogen-bond donors (Lipinski definition) is 3. The smallest absolute Gasteiger partial charge is 0.251 e. The summed E-state index contributed by atoms with van der Waals surface area (Å²) in [5.74, 6) is 1.79. The summed E-state index contributed by atoms with van der Waals surface area (Å²) >= 11 is 0. The Morgan fingerprint density at radius 3 is 2.50 bits per heavy atom. The minimum Gasteiger partial charge on any atom is -0.392 e. The van der Waals surface area contributed by atoms with Crippen LogP contribution < -0.4 is 10.0 Å². The van der Waals surface area contributed by atoms with Gasteiger partial charge in [0.2, 0.25) is 10.0 Å². The molecule has 0 fully saturated rings. The second-order valence-corrected chi connectivity index (χ2v) is 5.88. The van der Waals surface area contributed by atoms with E-state index >= 15 is 0 Å². The summed E-state index contributed by atoms with van der Waals surface area (Å²) in [6.45, 7) is 1.58. The van der Waals surface area contributed by atoms with Crippen molar-refractivity contribution in [3.63, 3.8) is 0 Å². The monoisotopic (exact) mass is 296 g/mol. The van der Waals surface area contributed by atoms with Crippen molar-refractivity contribution in [3.8, 4) is 12.3 Å². The highest BCUT2D eigenvalue weighted by Gasteiger charge is 2.14. The Bertz CT molecular complexity index is 600. The van der Waals surface area contributed by atoms with Crippen LogP contribution in [-0.2, 0) is 10.0 Å². The zero-order valence-corrected chi connectivity index (χ0v) is 11.8. The van der Waals surface area contributed by atoms with Gasteiger partial charge in [-0.05, 0) is 31.2 Å². The molecule has 0 saturated heterocycles. The number of amides is 1. The average Bonchev–Trinajstić information content (AvgIpc) is 2.42. The number of carbonyl (C=O) groups is 1. The van der Waals surface area contributed by atoms with Crippen LogP contribution in [0, 0.1) is 12.3 Å². The highest BCUT2D eigenvalue weighted by atomic mass is 32.2. The molecule has 0 aliphatic rings. The molecule has 0 saturated carbocycles. The molecule has 1 unspecified atom stereocenters. The minimum absolute atomic E-state index is 0.0276. The molecule has 20 heavy (non-hydrogen) atoms. The normalized spacial score (nSPS) is 12.4. The largest absolute Gasteiger partial charge is 0.392 e. The second kappa shape index (κ2) is 7.05. The quantitative estimate of drug-likeness (QED) is 0.629. The van der Waals surface area contributed by atoms with Crippen LogP contribution in [0.25, 0.3) is 0 Å². The van der Waals surface area contributed by atoms with Gasteiger partial charge in [0.1, 0.15) is 0 Å². The van der Waals surface area contributed by atoms with Crippen LogP contribution in [0.3, 0.4) is 0 Å². The van der Waals surface area contributed by atoms with Crippen molar-refractivity contribution in [2.75, 3.05) is 13.1 Å². The molecule has 0 radical (unpaired) electrons. The molecule has 0 heterocycles. The number of carbonyl (C=O) groups excluding carboxylic acids is 1. The molecule has 6 nitrogen and oxygen atoms in total. The molecule has 1 aromatic rings. The highest BCUT2D eigenvalue weighted by molar-refractivity contribution is 7.89. The minimum atomic E-state index is -3.65. The van der Waals surface area contributed by atoms with Gasteiger partial charge in [-0.25, -0.2) is 8.42 Å². The maximum absolute atomic E-state index is 11.7. The molecule has 0 bridgehead atoms. The summed E-state index contributed by atoms with van der Waals surface area (Å²) < 4.78 is 25.7. The van der Waals surface area contributed by atoms with E-state index < -0.39 is 16.1 Å². The fourth-order valence-electron chi connectivity index (χ4n) is 1.35. The van der Waals surface area contributed by atoms with Gasteiger partial charge in [-0.1, -0.05) is 5.92 Å². The zero-order valence-electron chi connectivity index (χ0n) is 11.0. The number of aliphatic hydroxyl groups excluding tert-OH is 1. The van der Waals surface area contributed by atoms with Crippen molar-refractivity contribution in [2.24, 2.45) is 0 Å². The molecule has 0 spiro atoms. The van der Waals surface area contributed by atoms with E-state index in [1.165, 1.54) is 24.3 Å². The van der Waals surface area contributed by atoms with Crippen molar-refractivity contribution in [1.29, 1.82) is 0 Å². The number of hydrogen-bond acceptors (Lipinski definition) is 4. The van der Waals surface area contributed by atoms with E-state index in [1.54, 1.807) is 6.92 Å². The van der Waals surface area contributed by atoms with Gasteiger partial charge < -0.3 is 10.4 Å². The summed E-state index contributed by atoms with van der Waals surface area (Å²) in [5, 5.41) is 11.6. The Hall–Kier alpha value is -1.88. The van der Waals surface area contributed by atoms with Crippen LogP contribution in [0.4, 0.5) is 0 Å². The first-order valence-corrected chi connectivity index (χ1v) is 7.34. The molecule has 1 amide bonds. The Kier molecular flexibility index (Phi) is 5.70. The Morgan fingerprint density at radius 2 is 2.00 bits per heavy atom. The molecule has 0 aliphatic heterocycles. The highest BCUT2D eigenvalue weighted by Crippen LogP contribution is 2.10. The predicted octanol–water partition coefficient (Wildman–Crippen LogP) is -0.291. The van der Waals surface area contributed by atoms with Gasteiger partial charge in [0.25, 0.3) is 5.91 Å². The third-order valence-corrected chi connectivity index (χ3v) is 3.77. The zero-order chi connectivity index (χ0) is 15.2. The number of aliphatic hydroxyl groups is 1. The number of rotatable bonds is 6. The standard InChI is InChI=1S/C13H16N2O4S/c1-3-8-15-20(18,19)12-6-4-11(5-7-12)13(17)14-9-10(2)16/h1,4-7,10,15-16H,8-9H2,2H3,(H,14,17). The molecule has 0 aromatic heterocycles. The summed E-state index contributed by atoms with van der Waals surface area (Å²) in [6.07, 6.45) is 4.34. The summed E-state index contributed by atoms with van der Waals surface area (Å²) in [4.78, 5) is 11.7. The molecular formula is C13H16N2O4S. The Labute approximate surface area is 118 Å². The van der Waals surface area contributed by atoms with Crippen LogP contribution in [0.1, 0.15) is 17.3 Å². The van der Waals surface area contributed by atoms with Crippen LogP contribution in [0.15, 0.2) is 29.2 Å². The lowest BCUT2D eigenvalue weighted by atomic mass is 10.2. The molecule has 7 heteroatoms. The summed E-state index contributed by atoms with van der Waals surface area (Å²) in [6, 6.07) is 5.41. The SMILES string of the molecule is C#CCNS(=O)(=O)c1ccc(C(=O)NCC(C)O)cc1.